The van der Waals surface area contributed by atoms with E-state index in [2.05, 4.69) is 9.72 Å². The van der Waals surface area contributed by atoms with Gasteiger partial charge in [-0.1, -0.05) is 6.07 Å². The second-order valence-electron chi connectivity index (χ2n) is 6.02. The molecule has 0 saturated carbocycles. The van der Waals surface area contributed by atoms with Crippen LogP contribution in [0.15, 0.2) is 58.6 Å². The van der Waals surface area contributed by atoms with Crippen molar-refractivity contribution in [1.82, 2.24) is 13.6 Å². The van der Waals surface area contributed by atoms with Crippen molar-refractivity contribution in [2.75, 3.05) is 33.3 Å². The Morgan fingerprint density at radius 3 is 2.04 bits per heavy atom. The Morgan fingerprint density at radius 1 is 0.929 bits per heavy atom. The Morgan fingerprint density at radius 2 is 1.50 bits per heavy atom. The lowest BCUT2D eigenvalue weighted by Gasteiger charge is -2.33. The Hall–Kier alpha value is -2.34. The fraction of sp³-hybridized carbons (Fsp3) is 0.294. The van der Waals surface area contributed by atoms with Crippen LogP contribution in [-0.4, -0.2) is 69.7 Å². The summed E-state index contributed by atoms with van der Waals surface area (Å²) >= 11 is 0. The number of carbonyl (C=O) groups excluding carboxylic acids is 1. The molecule has 1 aliphatic heterocycles. The fourth-order valence-corrected chi connectivity index (χ4v) is 5.71. The van der Waals surface area contributed by atoms with Crippen LogP contribution in [0, 0.1) is 0 Å². The van der Waals surface area contributed by atoms with Crippen LogP contribution in [-0.2, 0) is 24.8 Å². The maximum Gasteiger partial charge on any atom is 0.337 e. The largest absolute Gasteiger partial charge is 0.465 e. The number of nitrogens with zero attached hydrogens (tertiary/aromatic N) is 3. The van der Waals surface area contributed by atoms with Gasteiger partial charge in [0.05, 0.1) is 17.6 Å². The van der Waals surface area contributed by atoms with Crippen LogP contribution in [0.25, 0.3) is 0 Å². The van der Waals surface area contributed by atoms with Gasteiger partial charge in [-0.15, -0.1) is 0 Å². The molecule has 2 aromatic rings. The van der Waals surface area contributed by atoms with E-state index in [0.29, 0.717) is 0 Å². The summed E-state index contributed by atoms with van der Waals surface area (Å²) in [5.74, 6) is -0.635. The average molecular weight is 425 g/mol. The smallest absolute Gasteiger partial charge is 0.337 e. The number of hydrogen-bond acceptors (Lipinski definition) is 7. The van der Waals surface area contributed by atoms with E-state index in [1.165, 1.54) is 64.5 Å². The molecule has 1 aromatic carbocycles. The maximum atomic E-state index is 12.9. The second kappa shape index (κ2) is 7.95. The third-order valence-corrected chi connectivity index (χ3v) is 8.14. The molecule has 0 N–H and O–H groups in total. The second-order valence-corrected chi connectivity index (χ2v) is 9.89. The molecule has 0 amide bonds. The highest BCUT2D eigenvalue weighted by Crippen LogP contribution is 2.22. The van der Waals surface area contributed by atoms with Gasteiger partial charge in [0.1, 0.15) is 4.90 Å². The number of pyridine rings is 1. The third kappa shape index (κ3) is 3.92. The van der Waals surface area contributed by atoms with Gasteiger partial charge < -0.3 is 4.74 Å². The lowest BCUT2D eigenvalue weighted by molar-refractivity contribution is 0.0600. The first-order valence-corrected chi connectivity index (χ1v) is 11.2. The van der Waals surface area contributed by atoms with Crippen molar-refractivity contribution in [3.63, 3.8) is 0 Å². The highest BCUT2D eigenvalue weighted by Gasteiger charge is 2.34. The van der Waals surface area contributed by atoms with Crippen LogP contribution >= 0.6 is 0 Å². The molecular weight excluding hydrogens is 406 g/mol. The first-order chi connectivity index (χ1) is 13.3. The number of aromatic nitrogens is 1. The van der Waals surface area contributed by atoms with Crippen LogP contribution < -0.4 is 0 Å². The Balaban J connectivity index is 1.77. The zero-order valence-corrected chi connectivity index (χ0v) is 16.7. The molecule has 1 aliphatic rings. The van der Waals surface area contributed by atoms with E-state index in [9.17, 15) is 21.6 Å². The number of sulfonamides is 2. The summed E-state index contributed by atoms with van der Waals surface area (Å²) in [4.78, 5) is 15.5. The standard InChI is InChI=1S/C17H19N3O6S2/c1-26-17(21)14-4-2-5-15(12-14)27(22,23)19-8-10-20(11-9-19)28(24,25)16-6-3-7-18-13-16/h2-7,12-13H,8-11H2,1H3. The molecule has 0 atom stereocenters. The molecular formula is C17H19N3O6S2. The number of methoxy groups -OCH3 is 1. The van der Waals surface area contributed by atoms with Crippen molar-refractivity contribution in [3.8, 4) is 0 Å². The fourth-order valence-electron chi connectivity index (χ4n) is 2.85. The van der Waals surface area contributed by atoms with E-state index in [0.717, 1.165) is 0 Å². The predicted molar refractivity (Wildman–Crippen MR) is 99.5 cm³/mol. The molecule has 0 radical (unpaired) electrons. The van der Waals surface area contributed by atoms with Crippen LogP contribution in [0.4, 0.5) is 0 Å². The quantitative estimate of drug-likeness (QED) is 0.643. The van der Waals surface area contributed by atoms with Crippen LogP contribution in [0.3, 0.4) is 0 Å². The van der Waals surface area contributed by atoms with Gasteiger partial charge in [-0.25, -0.2) is 21.6 Å². The molecule has 0 aliphatic carbocycles. The molecule has 0 spiro atoms. The Bertz CT molecular complexity index is 1060. The zero-order valence-electron chi connectivity index (χ0n) is 15.1. The summed E-state index contributed by atoms with van der Waals surface area (Å²) in [7, 11) is -6.38. The van der Waals surface area contributed by atoms with E-state index in [4.69, 9.17) is 0 Å². The molecule has 1 saturated heterocycles. The summed E-state index contributed by atoms with van der Waals surface area (Å²) in [6.07, 6.45) is 2.74. The van der Waals surface area contributed by atoms with Gasteiger partial charge in [-0.05, 0) is 30.3 Å². The number of benzene rings is 1. The van der Waals surface area contributed by atoms with Crippen molar-refractivity contribution >= 4 is 26.0 Å². The lowest BCUT2D eigenvalue weighted by Crippen LogP contribution is -2.50. The normalized spacial score (nSPS) is 16.6. The van der Waals surface area contributed by atoms with Crippen LogP contribution in [0.1, 0.15) is 10.4 Å². The summed E-state index contributed by atoms with van der Waals surface area (Å²) in [5, 5.41) is 0. The van der Waals surface area contributed by atoms with Crippen LogP contribution in [0.2, 0.25) is 0 Å². The van der Waals surface area contributed by atoms with E-state index in [-0.39, 0.29) is 41.5 Å². The number of carbonyl (C=O) groups is 1. The van der Waals surface area contributed by atoms with Gasteiger partial charge in [-0.2, -0.15) is 8.61 Å². The molecule has 11 heteroatoms. The maximum absolute atomic E-state index is 12.9. The van der Waals surface area contributed by atoms with Crippen molar-refractivity contribution < 1.29 is 26.4 Å². The summed E-state index contributed by atoms with van der Waals surface area (Å²) in [5.41, 5.74) is 0.126. The molecule has 3 rings (SSSR count). The van der Waals surface area contributed by atoms with Gasteiger partial charge in [-0.3, -0.25) is 4.98 Å². The number of rotatable bonds is 5. The molecule has 1 aromatic heterocycles. The topological polar surface area (TPSA) is 114 Å². The van der Waals surface area contributed by atoms with Gasteiger partial charge in [0.15, 0.2) is 0 Å². The average Bonchev–Trinajstić information content (AvgIpc) is 2.74. The van der Waals surface area contributed by atoms with Gasteiger partial charge in [0, 0.05) is 38.6 Å². The van der Waals surface area contributed by atoms with E-state index < -0.39 is 26.0 Å². The van der Waals surface area contributed by atoms with Gasteiger partial charge >= 0.3 is 5.97 Å². The Kier molecular flexibility index (Phi) is 5.79. The third-order valence-electron chi connectivity index (χ3n) is 4.36. The number of hydrogen-bond donors (Lipinski definition) is 0. The summed E-state index contributed by atoms with van der Waals surface area (Å²) < 4.78 is 58.1. The van der Waals surface area contributed by atoms with Crippen molar-refractivity contribution in [1.29, 1.82) is 0 Å². The summed E-state index contributed by atoms with van der Waals surface area (Å²) in [6.45, 7) is 0.0505. The predicted octanol–water partition coefficient (Wildman–Crippen LogP) is 0.563. The number of piperazine rings is 1. The number of ether oxygens (including phenoxy) is 1. The molecule has 2 heterocycles. The minimum absolute atomic E-state index is 0.00424. The molecule has 0 bridgehead atoms. The van der Waals surface area contributed by atoms with Gasteiger partial charge in [0.25, 0.3) is 0 Å². The summed E-state index contributed by atoms with van der Waals surface area (Å²) in [6, 6.07) is 8.54. The minimum atomic E-state index is -3.87. The monoisotopic (exact) mass is 425 g/mol. The van der Waals surface area contributed by atoms with Crippen molar-refractivity contribution in [2.24, 2.45) is 0 Å². The Labute approximate surface area is 163 Å². The van der Waals surface area contributed by atoms with Crippen molar-refractivity contribution in [2.45, 2.75) is 9.79 Å². The van der Waals surface area contributed by atoms with Gasteiger partial charge in [0.2, 0.25) is 20.0 Å². The van der Waals surface area contributed by atoms with E-state index in [1.54, 1.807) is 0 Å². The first kappa shape index (κ1) is 20.4. The van der Waals surface area contributed by atoms with E-state index in [1.807, 2.05) is 0 Å². The minimum Gasteiger partial charge on any atom is -0.465 e. The molecule has 0 unspecified atom stereocenters. The van der Waals surface area contributed by atoms with E-state index >= 15 is 0 Å². The SMILES string of the molecule is COC(=O)c1cccc(S(=O)(=O)N2CCN(S(=O)(=O)c3cccnc3)CC2)c1. The zero-order chi connectivity index (χ0) is 20.4. The molecule has 9 nitrogen and oxygen atoms in total. The lowest BCUT2D eigenvalue weighted by atomic mass is 10.2. The van der Waals surface area contributed by atoms with Crippen molar-refractivity contribution in [3.05, 3.63) is 54.4 Å². The highest BCUT2D eigenvalue weighted by atomic mass is 32.2. The molecule has 150 valence electrons. The van der Waals surface area contributed by atoms with Crippen LogP contribution in [0.5, 0.6) is 0 Å². The molecule has 28 heavy (non-hydrogen) atoms. The highest BCUT2D eigenvalue weighted by molar-refractivity contribution is 7.89. The number of esters is 1. The first-order valence-electron chi connectivity index (χ1n) is 8.35. The molecule has 1 fully saturated rings.